The summed E-state index contributed by atoms with van der Waals surface area (Å²) in [7, 11) is 0. The van der Waals surface area contributed by atoms with Crippen LogP contribution in [0.3, 0.4) is 0 Å². The number of nitrogens with one attached hydrogen (secondary N) is 1. The van der Waals surface area contributed by atoms with Crippen LogP contribution >= 0.6 is 11.6 Å². The number of carbonyl (C=O) groups is 1. The Bertz CT molecular complexity index is 469. The molecule has 0 unspecified atom stereocenters. The monoisotopic (exact) mass is 283 g/mol. The van der Waals surface area contributed by atoms with Crippen LogP contribution in [0.4, 0.5) is 4.39 Å². The van der Waals surface area contributed by atoms with Crippen molar-refractivity contribution in [3.05, 3.63) is 35.1 Å². The molecular weight excluding hydrogens is 265 g/mol. The van der Waals surface area contributed by atoms with E-state index in [1.165, 1.54) is 18.6 Å². The number of halogens is 2. The molecule has 0 spiro atoms. The summed E-state index contributed by atoms with van der Waals surface area (Å²) in [6.07, 6.45) is 5.14. The molecule has 1 amide bonds. The Morgan fingerprint density at radius 1 is 1.37 bits per heavy atom. The highest BCUT2D eigenvalue weighted by Crippen LogP contribution is 2.29. The number of aryl methyl sites for hydroxylation is 1. The molecule has 1 aromatic rings. The average Bonchev–Trinajstić information content (AvgIpc) is 2.42. The summed E-state index contributed by atoms with van der Waals surface area (Å²) in [5.74, 6) is -0.202. The molecule has 1 aromatic carbocycles. The Balaban J connectivity index is 2.17. The number of hydrogen-bond acceptors (Lipinski definition) is 1. The van der Waals surface area contributed by atoms with Crippen molar-refractivity contribution in [3.8, 4) is 0 Å². The Morgan fingerprint density at radius 3 is 2.68 bits per heavy atom. The molecular formula is C15H19ClFNO. The highest BCUT2D eigenvalue weighted by molar-refractivity contribution is 6.19. The zero-order valence-corrected chi connectivity index (χ0v) is 11.9. The Labute approximate surface area is 118 Å². The first kappa shape index (κ1) is 14.3. The highest BCUT2D eigenvalue weighted by atomic mass is 35.5. The lowest BCUT2D eigenvalue weighted by molar-refractivity contribution is 0.0883. The van der Waals surface area contributed by atoms with Crippen molar-refractivity contribution in [2.45, 2.75) is 44.6 Å². The lowest BCUT2D eigenvalue weighted by Crippen LogP contribution is -2.51. The second kappa shape index (κ2) is 5.91. The first-order valence-electron chi connectivity index (χ1n) is 6.71. The van der Waals surface area contributed by atoms with Crippen molar-refractivity contribution in [3.63, 3.8) is 0 Å². The van der Waals surface area contributed by atoms with Crippen LogP contribution in [-0.2, 0) is 0 Å². The van der Waals surface area contributed by atoms with Gasteiger partial charge < -0.3 is 5.32 Å². The number of rotatable bonds is 3. The SMILES string of the molecule is Cc1ccc(F)cc1C(=O)NC1(CCl)CCCCC1. The third-order valence-electron chi connectivity index (χ3n) is 3.89. The molecule has 19 heavy (non-hydrogen) atoms. The van der Waals surface area contributed by atoms with Gasteiger partial charge in [0.25, 0.3) is 5.91 Å². The summed E-state index contributed by atoms with van der Waals surface area (Å²) >= 11 is 6.05. The fourth-order valence-corrected chi connectivity index (χ4v) is 3.00. The molecule has 0 aromatic heterocycles. The van der Waals surface area contributed by atoms with Crippen molar-refractivity contribution in [1.29, 1.82) is 0 Å². The van der Waals surface area contributed by atoms with Gasteiger partial charge in [0.15, 0.2) is 0 Å². The molecule has 1 fully saturated rings. The summed E-state index contributed by atoms with van der Waals surface area (Å²) in [6.45, 7) is 1.81. The van der Waals surface area contributed by atoms with Gasteiger partial charge in [-0.25, -0.2) is 4.39 Å². The van der Waals surface area contributed by atoms with Gasteiger partial charge in [-0.1, -0.05) is 25.3 Å². The fraction of sp³-hybridized carbons (Fsp3) is 0.533. The lowest BCUT2D eigenvalue weighted by atomic mass is 9.83. The quantitative estimate of drug-likeness (QED) is 0.840. The number of alkyl halides is 1. The minimum atomic E-state index is -0.390. The summed E-state index contributed by atoms with van der Waals surface area (Å²) in [4.78, 5) is 12.3. The summed E-state index contributed by atoms with van der Waals surface area (Å²) in [5.41, 5.74) is 0.852. The maximum absolute atomic E-state index is 13.3. The van der Waals surface area contributed by atoms with E-state index in [0.29, 0.717) is 11.4 Å². The van der Waals surface area contributed by atoms with Crippen LogP contribution in [-0.4, -0.2) is 17.3 Å². The molecule has 0 bridgehead atoms. The first-order valence-corrected chi connectivity index (χ1v) is 7.24. The molecule has 1 N–H and O–H groups in total. The minimum Gasteiger partial charge on any atom is -0.345 e. The maximum Gasteiger partial charge on any atom is 0.252 e. The first-order chi connectivity index (χ1) is 9.06. The molecule has 1 aliphatic carbocycles. The molecule has 1 aliphatic rings. The topological polar surface area (TPSA) is 29.1 Å². The average molecular weight is 284 g/mol. The number of amides is 1. The van der Waals surface area contributed by atoms with Gasteiger partial charge in [0.1, 0.15) is 5.82 Å². The third kappa shape index (κ3) is 3.27. The number of carbonyl (C=O) groups excluding carboxylic acids is 1. The van der Waals surface area contributed by atoms with E-state index in [4.69, 9.17) is 11.6 Å². The summed E-state index contributed by atoms with van der Waals surface area (Å²) in [5, 5.41) is 3.03. The molecule has 0 aliphatic heterocycles. The summed E-state index contributed by atoms with van der Waals surface area (Å²) < 4.78 is 13.3. The molecule has 2 nitrogen and oxygen atoms in total. The maximum atomic E-state index is 13.3. The molecule has 0 heterocycles. The van der Waals surface area contributed by atoms with Gasteiger partial charge >= 0.3 is 0 Å². The van der Waals surface area contributed by atoms with E-state index in [1.807, 2.05) is 6.92 Å². The van der Waals surface area contributed by atoms with E-state index in [1.54, 1.807) is 6.07 Å². The van der Waals surface area contributed by atoms with Gasteiger partial charge in [0.2, 0.25) is 0 Å². The minimum absolute atomic E-state index is 0.223. The van der Waals surface area contributed by atoms with E-state index >= 15 is 0 Å². The molecule has 0 atom stereocenters. The predicted molar refractivity (Wildman–Crippen MR) is 75.1 cm³/mol. The van der Waals surface area contributed by atoms with Crippen LogP contribution in [0.15, 0.2) is 18.2 Å². The number of hydrogen-bond donors (Lipinski definition) is 1. The van der Waals surface area contributed by atoms with Crippen LogP contribution < -0.4 is 5.32 Å². The van der Waals surface area contributed by atoms with E-state index in [9.17, 15) is 9.18 Å². The highest BCUT2D eigenvalue weighted by Gasteiger charge is 2.33. The van der Waals surface area contributed by atoms with Gasteiger partial charge in [-0.05, 0) is 37.5 Å². The Morgan fingerprint density at radius 2 is 2.05 bits per heavy atom. The van der Waals surface area contributed by atoms with Crippen LogP contribution in [0.2, 0.25) is 0 Å². The summed E-state index contributed by atoms with van der Waals surface area (Å²) in [6, 6.07) is 4.28. The number of benzene rings is 1. The van der Waals surface area contributed by atoms with Gasteiger partial charge in [0, 0.05) is 11.4 Å². The normalized spacial score (nSPS) is 18.1. The lowest BCUT2D eigenvalue weighted by Gasteiger charge is -2.36. The van der Waals surface area contributed by atoms with Crippen molar-refractivity contribution >= 4 is 17.5 Å². The van der Waals surface area contributed by atoms with Crippen LogP contribution in [0.25, 0.3) is 0 Å². The second-order valence-corrected chi connectivity index (χ2v) is 5.66. The van der Waals surface area contributed by atoms with E-state index in [0.717, 1.165) is 31.2 Å². The van der Waals surface area contributed by atoms with Gasteiger partial charge in [0.05, 0.1) is 5.54 Å². The Hall–Kier alpha value is -1.09. The van der Waals surface area contributed by atoms with Crippen LogP contribution in [0.1, 0.15) is 48.0 Å². The zero-order chi connectivity index (χ0) is 13.9. The molecule has 2 rings (SSSR count). The predicted octanol–water partition coefficient (Wildman–Crippen LogP) is 3.81. The van der Waals surface area contributed by atoms with Crippen molar-refractivity contribution in [1.82, 2.24) is 5.32 Å². The Kier molecular flexibility index (Phi) is 4.46. The smallest absolute Gasteiger partial charge is 0.252 e. The third-order valence-corrected chi connectivity index (χ3v) is 4.40. The molecule has 4 heteroatoms. The molecule has 0 saturated heterocycles. The van der Waals surface area contributed by atoms with E-state index < -0.39 is 0 Å². The van der Waals surface area contributed by atoms with Crippen LogP contribution in [0, 0.1) is 12.7 Å². The van der Waals surface area contributed by atoms with Crippen molar-refractivity contribution in [2.75, 3.05) is 5.88 Å². The molecule has 0 radical (unpaired) electrons. The zero-order valence-electron chi connectivity index (χ0n) is 11.1. The van der Waals surface area contributed by atoms with E-state index in [-0.39, 0.29) is 17.3 Å². The van der Waals surface area contributed by atoms with Crippen LogP contribution in [0.5, 0.6) is 0 Å². The largest absolute Gasteiger partial charge is 0.345 e. The second-order valence-electron chi connectivity index (χ2n) is 5.39. The van der Waals surface area contributed by atoms with Crippen molar-refractivity contribution < 1.29 is 9.18 Å². The standard InChI is InChI=1S/C15H19ClFNO/c1-11-5-6-12(17)9-13(11)14(19)18-15(10-16)7-3-2-4-8-15/h5-6,9H,2-4,7-8,10H2,1H3,(H,18,19). The molecule has 1 saturated carbocycles. The fourth-order valence-electron chi connectivity index (χ4n) is 2.67. The molecule has 104 valence electrons. The van der Waals surface area contributed by atoms with Crippen molar-refractivity contribution in [2.24, 2.45) is 0 Å². The van der Waals surface area contributed by atoms with Gasteiger partial charge in [-0.2, -0.15) is 0 Å². The van der Waals surface area contributed by atoms with E-state index in [2.05, 4.69) is 5.32 Å². The van der Waals surface area contributed by atoms with Gasteiger partial charge in [-0.15, -0.1) is 11.6 Å². The van der Waals surface area contributed by atoms with Gasteiger partial charge in [-0.3, -0.25) is 4.79 Å².